The van der Waals surface area contributed by atoms with Crippen molar-refractivity contribution >= 4 is 6.21 Å². The maximum atomic E-state index is 10.8. The zero-order chi connectivity index (χ0) is 4.99. The summed E-state index contributed by atoms with van der Waals surface area (Å²) in [5, 5.41) is 2.21. The first-order valence-electron chi connectivity index (χ1n) is 1.57. The van der Waals surface area contributed by atoms with E-state index < -0.39 is 0 Å². The van der Waals surface area contributed by atoms with Crippen LogP contribution in [0, 0.1) is 0 Å². The molecule has 0 aromatic carbocycles. The summed E-state index contributed by atoms with van der Waals surface area (Å²) in [7, 11) is 0. The first kappa shape index (κ1) is 5.34. The predicted octanol–water partition coefficient (Wildman–Crippen LogP) is 1.52. The van der Waals surface area contributed by atoms with Crippen molar-refractivity contribution in [2.45, 2.75) is 6.92 Å². The molecule has 0 N–H and O–H groups in total. The van der Waals surface area contributed by atoms with E-state index in [2.05, 4.69) is 11.8 Å². The molecule has 0 rings (SSSR count). The van der Waals surface area contributed by atoms with Gasteiger partial charge in [-0.05, 0) is 12.5 Å². The van der Waals surface area contributed by atoms with E-state index in [4.69, 9.17) is 0 Å². The van der Waals surface area contributed by atoms with Gasteiger partial charge in [-0.1, -0.05) is 16.3 Å². The SMILES string of the molecule is C=C(C)/C=N\F. The highest BCUT2D eigenvalue weighted by molar-refractivity contribution is 5.75. The minimum Gasteiger partial charge on any atom is -0.0954 e. The lowest BCUT2D eigenvalue weighted by Gasteiger charge is -1.72. The molecule has 0 radical (unpaired) electrons. The number of halogens is 1. The summed E-state index contributed by atoms with van der Waals surface area (Å²) in [4.78, 5) is 0. The van der Waals surface area contributed by atoms with Gasteiger partial charge in [-0.25, -0.2) is 0 Å². The molecule has 0 heterocycles. The maximum Gasteiger partial charge on any atom is 0.0622 e. The van der Waals surface area contributed by atoms with Crippen LogP contribution in [-0.4, -0.2) is 6.21 Å². The molecule has 0 spiro atoms. The number of hydrogen-bond acceptors (Lipinski definition) is 1. The normalized spacial score (nSPS) is 9.67. The lowest BCUT2D eigenvalue weighted by Crippen LogP contribution is -1.66. The van der Waals surface area contributed by atoms with Gasteiger partial charge in [0.15, 0.2) is 0 Å². The molecule has 1 nitrogen and oxygen atoms in total. The largest absolute Gasteiger partial charge is 0.0954 e. The van der Waals surface area contributed by atoms with E-state index in [0.717, 1.165) is 6.21 Å². The van der Waals surface area contributed by atoms with Crippen LogP contribution in [0.2, 0.25) is 0 Å². The van der Waals surface area contributed by atoms with Gasteiger partial charge in [0.05, 0.1) is 6.21 Å². The van der Waals surface area contributed by atoms with Crippen LogP contribution in [0.5, 0.6) is 0 Å². The molecule has 0 saturated carbocycles. The fraction of sp³-hybridized carbons (Fsp3) is 0.250. The van der Waals surface area contributed by atoms with E-state index in [-0.39, 0.29) is 0 Å². The summed E-state index contributed by atoms with van der Waals surface area (Å²) < 4.78 is 10.8. The Morgan fingerprint density at radius 2 is 2.50 bits per heavy atom. The summed E-state index contributed by atoms with van der Waals surface area (Å²) in [5.41, 5.74) is 0.623. The second-order valence-corrected chi connectivity index (χ2v) is 1.07. The molecule has 0 saturated heterocycles. The van der Waals surface area contributed by atoms with E-state index in [1.54, 1.807) is 6.92 Å². The first-order chi connectivity index (χ1) is 2.77. The topological polar surface area (TPSA) is 12.4 Å². The Morgan fingerprint density at radius 1 is 2.00 bits per heavy atom. The Morgan fingerprint density at radius 3 is 2.50 bits per heavy atom. The van der Waals surface area contributed by atoms with Gasteiger partial charge in [0.1, 0.15) is 0 Å². The van der Waals surface area contributed by atoms with Gasteiger partial charge in [-0.15, -0.1) is 0 Å². The van der Waals surface area contributed by atoms with Gasteiger partial charge in [0.2, 0.25) is 0 Å². The highest BCUT2D eigenvalue weighted by Crippen LogP contribution is 1.77. The third kappa shape index (κ3) is 3.34. The van der Waals surface area contributed by atoms with Crippen molar-refractivity contribution in [2.75, 3.05) is 0 Å². The van der Waals surface area contributed by atoms with Crippen molar-refractivity contribution in [3.8, 4) is 0 Å². The van der Waals surface area contributed by atoms with Crippen LogP contribution in [-0.2, 0) is 0 Å². The molecule has 0 aromatic rings. The van der Waals surface area contributed by atoms with E-state index in [9.17, 15) is 4.48 Å². The summed E-state index contributed by atoms with van der Waals surface area (Å²) in [6.45, 7) is 5.03. The molecule has 34 valence electrons. The van der Waals surface area contributed by atoms with Gasteiger partial charge in [0.25, 0.3) is 0 Å². The van der Waals surface area contributed by atoms with E-state index in [0.29, 0.717) is 5.57 Å². The van der Waals surface area contributed by atoms with Crippen LogP contribution in [0.1, 0.15) is 6.92 Å². The highest BCUT2D eigenvalue weighted by atomic mass is 19.2. The first-order valence-corrected chi connectivity index (χ1v) is 1.57. The quantitative estimate of drug-likeness (QED) is 0.430. The zero-order valence-corrected chi connectivity index (χ0v) is 3.61. The Kier molecular flexibility index (Phi) is 2.29. The minimum absolute atomic E-state index is 0.623. The van der Waals surface area contributed by atoms with E-state index >= 15 is 0 Å². The van der Waals surface area contributed by atoms with Gasteiger partial charge in [-0.3, -0.25) is 0 Å². The van der Waals surface area contributed by atoms with Crippen molar-refractivity contribution in [3.63, 3.8) is 0 Å². The van der Waals surface area contributed by atoms with Gasteiger partial charge in [0, 0.05) is 0 Å². The molecule has 0 unspecified atom stereocenters. The van der Waals surface area contributed by atoms with E-state index in [1.807, 2.05) is 0 Å². The fourth-order valence-corrected chi connectivity index (χ4v) is 0.0833. The Bertz CT molecular complexity index is 75.6. The number of nitrogens with zero attached hydrogens (tertiary/aromatic N) is 1. The molecule has 0 aliphatic heterocycles. The summed E-state index contributed by atoms with van der Waals surface area (Å²) in [5.74, 6) is 0. The average molecular weight is 87.1 g/mol. The zero-order valence-electron chi connectivity index (χ0n) is 3.61. The number of allylic oxidation sites excluding steroid dienone is 1. The van der Waals surface area contributed by atoms with Crippen molar-refractivity contribution in [2.24, 2.45) is 5.21 Å². The lowest BCUT2D eigenvalue weighted by atomic mass is 10.4. The van der Waals surface area contributed by atoms with Gasteiger partial charge < -0.3 is 0 Å². The predicted molar refractivity (Wildman–Crippen MR) is 24.4 cm³/mol. The van der Waals surface area contributed by atoms with Crippen LogP contribution in [0.4, 0.5) is 4.48 Å². The second-order valence-electron chi connectivity index (χ2n) is 1.07. The third-order valence-electron chi connectivity index (χ3n) is 0.269. The minimum atomic E-state index is 0.623. The Labute approximate surface area is 36.1 Å². The van der Waals surface area contributed by atoms with Gasteiger partial charge in [-0.2, -0.15) is 0 Å². The summed E-state index contributed by atoms with van der Waals surface area (Å²) in [6, 6.07) is 0. The molecule has 2 heteroatoms. The maximum absolute atomic E-state index is 10.8. The molecule has 0 amide bonds. The highest BCUT2D eigenvalue weighted by Gasteiger charge is 1.67. The molecule has 0 bridgehead atoms. The lowest BCUT2D eigenvalue weighted by molar-refractivity contribution is 0.541. The monoisotopic (exact) mass is 87.0 g/mol. The third-order valence-corrected chi connectivity index (χ3v) is 0.269. The second kappa shape index (κ2) is 2.57. The standard InChI is InChI=1S/C4H6FN/c1-4(2)3-6-5/h3H,1H2,2H3/b6-3-. The molecular formula is C4H6FN. The van der Waals surface area contributed by atoms with Crippen molar-refractivity contribution in [1.82, 2.24) is 0 Å². The molecule has 0 aromatic heterocycles. The van der Waals surface area contributed by atoms with Crippen LogP contribution >= 0.6 is 0 Å². The smallest absolute Gasteiger partial charge is 0.0622 e. The van der Waals surface area contributed by atoms with Crippen molar-refractivity contribution in [1.29, 1.82) is 0 Å². The van der Waals surface area contributed by atoms with E-state index in [1.165, 1.54) is 0 Å². The molecule has 6 heavy (non-hydrogen) atoms. The molecular weight excluding hydrogens is 81.0 g/mol. The van der Waals surface area contributed by atoms with Crippen molar-refractivity contribution in [3.05, 3.63) is 12.2 Å². The Balaban J connectivity index is 3.30. The number of rotatable bonds is 1. The van der Waals surface area contributed by atoms with Gasteiger partial charge >= 0.3 is 0 Å². The van der Waals surface area contributed by atoms with Crippen LogP contribution in [0.3, 0.4) is 0 Å². The van der Waals surface area contributed by atoms with Crippen LogP contribution in [0.25, 0.3) is 0 Å². The van der Waals surface area contributed by atoms with Crippen LogP contribution in [0.15, 0.2) is 17.4 Å². The van der Waals surface area contributed by atoms with Crippen LogP contribution < -0.4 is 0 Å². The summed E-state index contributed by atoms with van der Waals surface area (Å²) >= 11 is 0. The average Bonchev–Trinajstić information content (AvgIpc) is 1.35. The Hall–Kier alpha value is -0.660. The van der Waals surface area contributed by atoms with Crippen molar-refractivity contribution < 1.29 is 4.48 Å². The molecule has 0 aliphatic carbocycles. The fourth-order valence-electron chi connectivity index (χ4n) is 0.0833. The molecule has 0 aliphatic rings. The molecule has 0 fully saturated rings. The summed E-state index contributed by atoms with van der Waals surface area (Å²) in [6.07, 6.45) is 1.06. The molecule has 0 atom stereocenters. The number of hydrogen-bond donors (Lipinski definition) is 0.